The van der Waals surface area contributed by atoms with E-state index in [1.807, 2.05) is 41.8 Å². The predicted molar refractivity (Wildman–Crippen MR) is 96.5 cm³/mol. The van der Waals surface area contributed by atoms with Crippen molar-refractivity contribution in [1.82, 2.24) is 4.98 Å². The summed E-state index contributed by atoms with van der Waals surface area (Å²) in [5.41, 5.74) is 7.23. The standard InChI is InChI=1S/C18H17N3OS/c1-13-3-5-14(6-4-13)11-19-21-18-20-17(12-23-18)15-7-9-16(22-2)10-8-15/h3-12H,1-2H3,(H,20,21)/b19-11-. The molecule has 0 radical (unpaired) electrons. The first kappa shape index (κ1) is 15.2. The predicted octanol–water partition coefficient (Wildman–Crippen LogP) is 4.57. The highest BCUT2D eigenvalue weighted by atomic mass is 32.1. The number of benzene rings is 2. The number of aromatic nitrogens is 1. The molecule has 116 valence electrons. The Kier molecular flexibility index (Phi) is 4.68. The van der Waals surface area contributed by atoms with Crippen molar-refractivity contribution in [3.63, 3.8) is 0 Å². The molecule has 0 amide bonds. The summed E-state index contributed by atoms with van der Waals surface area (Å²) in [4.78, 5) is 4.53. The van der Waals surface area contributed by atoms with Gasteiger partial charge in [0.25, 0.3) is 0 Å². The molecule has 0 aliphatic carbocycles. The van der Waals surface area contributed by atoms with E-state index in [2.05, 4.69) is 34.6 Å². The van der Waals surface area contributed by atoms with Crippen LogP contribution in [-0.4, -0.2) is 18.3 Å². The third-order valence-electron chi connectivity index (χ3n) is 3.34. The van der Waals surface area contributed by atoms with Crippen molar-refractivity contribution in [2.24, 2.45) is 5.10 Å². The van der Waals surface area contributed by atoms with Crippen LogP contribution in [0.3, 0.4) is 0 Å². The second kappa shape index (κ2) is 7.07. The van der Waals surface area contributed by atoms with Crippen molar-refractivity contribution in [2.45, 2.75) is 6.92 Å². The first-order chi connectivity index (χ1) is 11.2. The third kappa shape index (κ3) is 3.96. The van der Waals surface area contributed by atoms with E-state index in [0.717, 1.165) is 27.7 Å². The van der Waals surface area contributed by atoms with Gasteiger partial charge < -0.3 is 4.74 Å². The molecule has 2 aromatic carbocycles. The summed E-state index contributed by atoms with van der Waals surface area (Å²) >= 11 is 1.52. The van der Waals surface area contributed by atoms with Crippen LogP contribution in [0.5, 0.6) is 5.75 Å². The second-order valence-electron chi connectivity index (χ2n) is 5.05. The fourth-order valence-electron chi connectivity index (χ4n) is 2.03. The molecule has 0 saturated heterocycles. The summed E-state index contributed by atoms with van der Waals surface area (Å²) in [6.45, 7) is 2.06. The minimum absolute atomic E-state index is 0.763. The fraction of sp³-hybridized carbons (Fsp3) is 0.111. The molecule has 4 nitrogen and oxygen atoms in total. The number of rotatable bonds is 5. The molecule has 23 heavy (non-hydrogen) atoms. The van der Waals surface area contributed by atoms with Crippen molar-refractivity contribution in [3.05, 3.63) is 65.0 Å². The fourth-order valence-corrected chi connectivity index (χ4v) is 2.70. The lowest BCUT2D eigenvalue weighted by Gasteiger charge is -2.00. The lowest BCUT2D eigenvalue weighted by molar-refractivity contribution is 0.415. The summed E-state index contributed by atoms with van der Waals surface area (Å²) in [5, 5.41) is 7.00. The van der Waals surface area contributed by atoms with Gasteiger partial charge in [0.2, 0.25) is 5.13 Å². The normalized spacial score (nSPS) is 10.9. The first-order valence-corrected chi connectivity index (χ1v) is 8.08. The highest BCUT2D eigenvalue weighted by Crippen LogP contribution is 2.26. The van der Waals surface area contributed by atoms with Crippen molar-refractivity contribution in [2.75, 3.05) is 12.5 Å². The van der Waals surface area contributed by atoms with Crippen LogP contribution in [0, 0.1) is 6.92 Å². The van der Waals surface area contributed by atoms with Gasteiger partial charge in [-0.1, -0.05) is 29.8 Å². The van der Waals surface area contributed by atoms with E-state index in [1.165, 1.54) is 16.9 Å². The van der Waals surface area contributed by atoms with Gasteiger partial charge in [0.05, 0.1) is 19.0 Å². The van der Waals surface area contributed by atoms with Crippen molar-refractivity contribution >= 4 is 22.7 Å². The quantitative estimate of drug-likeness (QED) is 0.552. The van der Waals surface area contributed by atoms with Gasteiger partial charge in [0.1, 0.15) is 5.75 Å². The smallest absolute Gasteiger partial charge is 0.203 e. The van der Waals surface area contributed by atoms with Crippen LogP contribution in [0.15, 0.2) is 59.0 Å². The molecule has 3 aromatic rings. The maximum absolute atomic E-state index is 5.16. The molecule has 0 aliphatic rings. The molecule has 1 N–H and O–H groups in total. The van der Waals surface area contributed by atoms with Crippen LogP contribution in [0.25, 0.3) is 11.3 Å². The minimum atomic E-state index is 0.763. The number of hydrazone groups is 1. The molecule has 0 fully saturated rings. The van der Waals surface area contributed by atoms with E-state index in [4.69, 9.17) is 4.74 Å². The van der Waals surface area contributed by atoms with Gasteiger partial charge in [-0.3, -0.25) is 5.43 Å². The zero-order valence-electron chi connectivity index (χ0n) is 13.0. The van der Waals surface area contributed by atoms with Gasteiger partial charge >= 0.3 is 0 Å². The molecule has 0 atom stereocenters. The van der Waals surface area contributed by atoms with Gasteiger partial charge in [-0.2, -0.15) is 5.10 Å². The van der Waals surface area contributed by atoms with E-state index in [9.17, 15) is 0 Å². The molecule has 0 unspecified atom stereocenters. The Balaban J connectivity index is 1.65. The number of nitrogens with one attached hydrogen (secondary N) is 1. The molecule has 1 aromatic heterocycles. The summed E-state index contributed by atoms with van der Waals surface area (Å²) in [5.74, 6) is 0.838. The van der Waals surface area contributed by atoms with Crippen LogP contribution in [0.4, 0.5) is 5.13 Å². The van der Waals surface area contributed by atoms with E-state index in [0.29, 0.717) is 0 Å². The highest BCUT2D eigenvalue weighted by Gasteiger charge is 2.04. The Hall–Kier alpha value is -2.66. The molecular formula is C18H17N3OS. The van der Waals surface area contributed by atoms with Gasteiger partial charge in [0.15, 0.2) is 0 Å². The first-order valence-electron chi connectivity index (χ1n) is 7.20. The van der Waals surface area contributed by atoms with Crippen LogP contribution in [0.1, 0.15) is 11.1 Å². The van der Waals surface area contributed by atoms with E-state index < -0.39 is 0 Å². The van der Waals surface area contributed by atoms with Crippen molar-refractivity contribution in [1.29, 1.82) is 0 Å². The summed E-state index contributed by atoms with van der Waals surface area (Å²) < 4.78 is 5.16. The average Bonchev–Trinajstić information content (AvgIpc) is 3.06. The number of methoxy groups -OCH3 is 1. The number of anilines is 1. The van der Waals surface area contributed by atoms with Gasteiger partial charge in [-0.25, -0.2) is 4.98 Å². The molecule has 0 saturated carbocycles. The second-order valence-corrected chi connectivity index (χ2v) is 5.91. The molecule has 0 spiro atoms. The zero-order valence-corrected chi connectivity index (χ0v) is 13.8. The average molecular weight is 323 g/mol. The molecule has 1 heterocycles. The summed E-state index contributed by atoms with van der Waals surface area (Å²) in [6, 6.07) is 16.0. The van der Waals surface area contributed by atoms with Crippen LogP contribution >= 0.6 is 11.3 Å². The number of thiazole rings is 1. The maximum atomic E-state index is 5.16. The number of ether oxygens (including phenoxy) is 1. The third-order valence-corrected chi connectivity index (χ3v) is 4.09. The van der Waals surface area contributed by atoms with Gasteiger partial charge in [-0.15, -0.1) is 11.3 Å². The maximum Gasteiger partial charge on any atom is 0.203 e. The number of aryl methyl sites for hydroxylation is 1. The van der Waals surface area contributed by atoms with Crippen LogP contribution < -0.4 is 10.2 Å². The van der Waals surface area contributed by atoms with Gasteiger partial charge in [-0.05, 0) is 36.8 Å². The lowest BCUT2D eigenvalue weighted by atomic mass is 10.2. The van der Waals surface area contributed by atoms with E-state index in [1.54, 1.807) is 13.3 Å². The topological polar surface area (TPSA) is 46.5 Å². The summed E-state index contributed by atoms with van der Waals surface area (Å²) in [7, 11) is 1.66. The van der Waals surface area contributed by atoms with Crippen molar-refractivity contribution < 1.29 is 4.74 Å². The molecule has 0 aliphatic heterocycles. The number of hydrogen-bond acceptors (Lipinski definition) is 5. The van der Waals surface area contributed by atoms with E-state index in [-0.39, 0.29) is 0 Å². The Bertz CT molecular complexity index is 792. The Morgan fingerprint density at radius 2 is 1.83 bits per heavy atom. The summed E-state index contributed by atoms with van der Waals surface area (Å²) in [6.07, 6.45) is 1.79. The Morgan fingerprint density at radius 1 is 1.09 bits per heavy atom. The number of hydrogen-bond donors (Lipinski definition) is 1. The zero-order chi connectivity index (χ0) is 16.1. The Morgan fingerprint density at radius 3 is 2.52 bits per heavy atom. The minimum Gasteiger partial charge on any atom is -0.497 e. The molecule has 5 heteroatoms. The number of nitrogens with zero attached hydrogens (tertiary/aromatic N) is 2. The highest BCUT2D eigenvalue weighted by molar-refractivity contribution is 7.14. The largest absolute Gasteiger partial charge is 0.497 e. The Labute approximate surface area is 139 Å². The monoisotopic (exact) mass is 323 g/mol. The molecule has 3 rings (SSSR count). The molecular weight excluding hydrogens is 306 g/mol. The van der Waals surface area contributed by atoms with E-state index >= 15 is 0 Å². The van der Waals surface area contributed by atoms with Crippen LogP contribution in [0.2, 0.25) is 0 Å². The van der Waals surface area contributed by atoms with Crippen molar-refractivity contribution in [3.8, 4) is 17.0 Å². The van der Waals surface area contributed by atoms with Gasteiger partial charge in [0, 0.05) is 10.9 Å². The SMILES string of the molecule is COc1ccc(-c2csc(N/N=C\c3ccc(C)cc3)n2)cc1. The van der Waals surface area contributed by atoms with Crippen LogP contribution in [-0.2, 0) is 0 Å². The lowest BCUT2D eigenvalue weighted by Crippen LogP contribution is -1.90. The molecule has 0 bridgehead atoms.